The maximum absolute atomic E-state index is 12.7. The van der Waals surface area contributed by atoms with Crippen LogP contribution in [0.25, 0.3) is 0 Å². The van der Waals surface area contributed by atoms with Gasteiger partial charge in [0, 0.05) is 31.2 Å². The highest BCUT2D eigenvalue weighted by Crippen LogP contribution is 2.17. The summed E-state index contributed by atoms with van der Waals surface area (Å²) in [6.07, 6.45) is 3.82. The lowest BCUT2D eigenvalue weighted by molar-refractivity contribution is -0.139. The van der Waals surface area contributed by atoms with E-state index in [2.05, 4.69) is 5.32 Å². The van der Waals surface area contributed by atoms with Crippen LogP contribution in [0, 0.1) is 5.92 Å². The van der Waals surface area contributed by atoms with Crippen molar-refractivity contribution in [1.82, 2.24) is 15.2 Å². The van der Waals surface area contributed by atoms with E-state index >= 15 is 0 Å². The molecule has 0 aromatic carbocycles. The van der Waals surface area contributed by atoms with Crippen LogP contribution in [0.1, 0.15) is 20.3 Å². The number of nitrogens with two attached hydrogens (primary N) is 2. The van der Waals surface area contributed by atoms with Crippen molar-refractivity contribution in [2.45, 2.75) is 32.4 Å². The molecule has 0 aliphatic carbocycles. The number of imide groups is 1. The molecule has 0 bridgehead atoms. The molecule has 5 N–H and O–H groups in total. The third-order valence-electron chi connectivity index (χ3n) is 8.07. The minimum absolute atomic E-state index is 0.0135. The lowest BCUT2D eigenvalue weighted by Gasteiger charge is -2.28. The number of ether oxygens (including phenoxy) is 12. The zero-order valence-electron chi connectivity index (χ0n) is 35.8. The van der Waals surface area contributed by atoms with E-state index in [1.165, 1.54) is 11.2 Å². The number of rotatable bonds is 44. The number of hydrazine groups is 1. The van der Waals surface area contributed by atoms with E-state index in [-0.39, 0.29) is 31.2 Å². The minimum atomic E-state index is -1.10. The third-order valence-corrected chi connectivity index (χ3v) is 8.07. The number of nitrogens with zero attached hydrogens (tertiary/aromatic N) is 2. The quantitative estimate of drug-likeness (QED) is 0.0214. The van der Waals surface area contributed by atoms with E-state index < -0.39 is 29.8 Å². The third kappa shape index (κ3) is 30.0. The van der Waals surface area contributed by atoms with Gasteiger partial charge in [0.1, 0.15) is 6.29 Å². The van der Waals surface area contributed by atoms with Gasteiger partial charge in [-0.25, -0.2) is 5.84 Å². The summed E-state index contributed by atoms with van der Waals surface area (Å²) >= 11 is 0. The highest BCUT2D eigenvalue weighted by atomic mass is 16.6. The van der Waals surface area contributed by atoms with Crippen LogP contribution < -0.4 is 16.9 Å². The first-order chi connectivity index (χ1) is 29.2. The summed E-state index contributed by atoms with van der Waals surface area (Å²) in [5, 5.41) is 3.83. The fourth-order valence-electron chi connectivity index (χ4n) is 4.81. The van der Waals surface area contributed by atoms with E-state index in [1.54, 1.807) is 21.0 Å². The highest BCUT2D eigenvalue weighted by Gasteiger charge is 2.35. The Hall–Kier alpha value is -3.16. The van der Waals surface area contributed by atoms with Gasteiger partial charge in [-0.3, -0.25) is 19.3 Å². The Morgan fingerprint density at radius 3 is 1.23 bits per heavy atom. The van der Waals surface area contributed by atoms with Crippen molar-refractivity contribution in [2.24, 2.45) is 17.5 Å². The molecule has 2 atom stereocenters. The van der Waals surface area contributed by atoms with Gasteiger partial charge in [-0.05, 0) is 5.92 Å². The van der Waals surface area contributed by atoms with Gasteiger partial charge in [0.25, 0.3) is 11.8 Å². The van der Waals surface area contributed by atoms with Gasteiger partial charge in [-0.15, -0.1) is 0 Å². The van der Waals surface area contributed by atoms with Gasteiger partial charge < -0.3 is 77.7 Å². The molecule has 3 amide bonds. The van der Waals surface area contributed by atoms with Gasteiger partial charge in [0.2, 0.25) is 5.91 Å². The Labute approximate surface area is 354 Å². The predicted octanol–water partition coefficient (Wildman–Crippen LogP) is -1.19. The smallest absolute Gasteiger partial charge is 0.254 e. The van der Waals surface area contributed by atoms with Gasteiger partial charge in [-0.2, -0.15) is 0 Å². The van der Waals surface area contributed by atoms with E-state index in [0.717, 1.165) is 17.1 Å². The van der Waals surface area contributed by atoms with Crippen LogP contribution in [0.15, 0.2) is 24.0 Å². The molecule has 0 spiro atoms. The molecule has 1 heterocycles. The number of carbonyl (C=O) groups is 4. The van der Waals surface area contributed by atoms with Crippen molar-refractivity contribution in [1.29, 1.82) is 0 Å². The summed E-state index contributed by atoms with van der Waals surface area (Å²) in [5.74, 6) is 4.12. The van der Waals surface area contributed by atoms with Crippen LogP contribution in [0.2, 0.25) is 0 Å². The number of amides is 3. The summed E-state index contributed by atoms with van der Waals surface area (Å²) in [4.78, 5) is 49.6. The first-order valence-corrected chi connectivity index (χ1v) is 20.3. The second-order valence-electron chi connectivity index (χ2n) is 13.2. The monoisotopic (exact) mass is 865 g/mol. The first-order valence-electron chi connectivity index (χ1n) is 20.3. The number of hydrogen-bond donors (Lipinski definition) is 3. The minimum Gasteiger partial charge on any atom is -0.399 e. The summed E-state index contributed by atoms with van der Waals surface area (Å²) < 4.78 is 65.0. The van der Waals surface area contributed by atoms with Gasteiger partial charge in [-0.1, -0.05) is 13.8 Å². The molecule has 0 aromatic rings. The van der Waals surface area contributed by atoms with E-state index in [4.69, 9.17) is 68.4 Å². The number of methoxy groups -OCH3 is 1. The van der Waals surface area contributed by atoms with Crippen LogP contribution >= 0.6 is 0 Å². The summed E-state index contributed by atoms with van der Waals surface area (Å²) in [7, 11) is 1.64. The molecular weight excluding hydrogens is 794 g/mol. The normalized spacial score (nSPS) is 14.1. The van der Waals surface area contributed by atoms with Crippen LogP contribution in [-0.2, 0) is 76.0 Å². The molecule has 1 aliphatic rings. The molecule has 348 valence electrons. The maximum atomic E-state index is 12.7. The lowest BCUT2D eigenvalue weighted by atomic mass is 10.0. The first kappa shape index (κ1) is 54.9. The molecule has 1 aliphatic heterocycles. The second kappa shape index (κ2) is 38.7. The highest BCUT2D eigenvalue weighted by molar-refractivity contribution is 6.13. The number of carbonyl (C=O) groups excluding carboxylic acids is 4. The Bertz CT molecular complexity index is 1150. The molecule has 1 rings (SSSR count). The molecule has 0 saturated carbocycles. The largest absolute Gasteiger partial charge is 0.399 e. The Balaban J connectivity index is 1.91. The average Bonchev–Trinajstić information content (AvgIpc) is 3.56. The van der Waals surface area contributed by atoms with Crippen LogP contribution in [-0.4, -0.2) is 212 Å². The SMILES string of the molecule is COCCOCCOCCOCCOCCOCCOCCOCCOCCOCCOCCOCCN(N)/C=C(\N)C(CC(=O)NC(C=O)C(C)C)N1C(=O)C=CC1=O. The molecule has 60 heavy (non-hydrogen) atoms. The van der Waals surface area contributed by atoms with Crippen molar-refractivity contribution in [3.8, 4) is 0 Å². The Morgan fingerprint density at radius 2 is 0.933 bits per heavy atom. The topological polar surface area (TPSA) is 250 Å². The fraction of sp³-hybridized carbons (Fsp3) is 0.795. The number of nitrogens with one attached hydrogen (secondary N) is 1. The Kier molecular flexibility index (Phi) is 35.4. The molecule has 21 nitrogen and oxygen atoms in total. The second-order valence-corrected chi connectivity index (χ2v) is 13.2. The fourth-order valence-corrected chi connectivity index (χ4v) is 4.81. The van der Waals surface area contributed by atoms with Crippen LogP contribution in [0.3, 0.4) is 0 Å². The molecule has 2 unspecified atom stereocenters. The molecule has 0 aromatic heterocycles. The van der Waals surface area contributed by atoms with Crippen molar-refractivity contribution >= 4 is 24.0 Å². The number of aldehydes is 1. The maximum Gasteiger partial charge on any atom is 0.254 e. The van der Waals surface area contributed by atoms with Gasteiger partial charge in [0.15, 0.2) is 0 Å². The van der Waals surface area contributed by atoms with Crippen LogP contribution in [0.4, 0.5) is 0 Å². The van der Waals surface area contributed by atoms with E-state index in [0.29, 0.717) is 152 Å². The molecular formula is C39H71N5O16. The number of hydrogen-bond acceptors (Lipinski definition) is 19. The standard InChI is InChI=1S/C39H71N5O16/c1-33(2)35(32-45)42-37(46)30-36(44-38(47)4-5-39(44)48)34(40)31-43(41)6-7-50-10-11-52-14-15-54-18-19-56-22-23-58-26-27-60-29-28-59-25-24-57-21-20-55-17-16-53-13-12-51-9-8-49-3/h4-5,31-33,35-36H,6-30,40-41H2,1-3H3,(H,42,46)/b34-31-. The predicted molar refractivity (Wildman–Crippen MR) is 216 cm³/mol. The molecule has 0 saturated heterocycles. The molecule has 0 fully saturated rings. The zero-order chi connectivity index (χ0) is 43.9. The summed E-state index contributed by atoms with van der Waals surface area (Å²) in [6, 6.07) is -1.83. The van der Waals surface area contributed by atoms with Crippen molar-refractivity contribution < 1.29 is 76.0 Å². The molecule has 21 heteroatoms. The average molecular weight is 866 g/mol. The summed E-state index contributed by atoms with van der Waals surface area (Å²) in [6.45, 7) is 14.3. The lowest BCUT2D eigenvalue weighted by Crippen LogP contribution is -2.48. The van der Waals surface area contributed by atoms with E-state index in [1.807, 2.05) is 0 Å². The van der Waals surface area contributed by atoms with Crippen LogP contribution in [0.5, 0.6) is 0 Å². The summed E-state index contributed by atoms with van der Waals surface area (Å²) in [5.41, 5.74) is 6.23. The van der Waals surface area contributed by atoms with Crippen molar-refractivity contribution in [3.63, 3.8) is 0 Å². The van der Waals surface area contributed by atoms with Crippen molar-refractivity contribution in [3.05, 3.63) is 24.0 Å². The molecule has 0 radical (unpaired) electrons. The van der Waals surface area contributed by atoms with Gasteiger partial charge >= 0.3 is 0 Å². The van der Waals surface area contributed by atoms with E-state index in [9.17, 15) is 19.2 Å². The Morgan fingerprint density at radius 1 is 0.617 bits per heavy atom. The van der Waals surface area contributed by atoms with Crippen molar-refractivity contribution in [2.75, 3.05) is 166 Å². The van der Waals surface area contributed by atoms with Gasteiger partial charge in [0.05, 0.1) is 177 Å². The zero-order valence-corrected chi connectivity index (χ0v) is 35.8.